The number of primary amides is 1. The zero-order valence-corrected chi connectivity index (χ0v) is 9.18. The number of amides is 1. The fraction of sp³-hybridized carbons (Fsp3) is 0.900. The Balaban J connectivity index is 2.25. The van der Waals surface area contributed by atoms with Crippen LogP contribution in [0, 0.1) is 5.41 Å². The number of nitrogens with zero attached hydrogens (tertiary/aromatic N) is 1. The molecule has 1 saturated heterocycles. The van der Waals surface area contributed by atoms with Gasteiger partial charge in [-0.15, -0.1) is 0 Å². The molecule has 1 aliphatic rings. The Morgan fingerprint density at radius 3 is 2.57 bits per heavy atom. The minimum absolute atomic E-state index is 0.276. The molecule has 1 amide bonds. The third-order valence-corrected chi connectivity index (χ3v) is 3.05. The molecule has 1 heterocycles. The SMILES string of the molecule is CN1CCC(C)(CNCC(N)=O)CC1. The van der Waals surface area contributed by atoms with Crippen molar-refractivity contribution >= 4 is 5.91 Å². The highest BCUT2D eigenvalue weighted by Crippen LogP contribution is 2.29. The van der Waals surface area contributed by atoms with Gasteiger partial charge in [-0.05, 0) is 38.4 Å². The average molecular weight is 199 g/mol. The number of hydrogen-bond donors (Lipinski definition) is 2. The van der Waals surface area contributed by atoms with E-state index in [0.717, 1.165) is 19.6 Å². The van der Waals surface area contributed by atoms with Crippen LogP contribution < -0.4 is 11.1 Å². The van der Waals surface area contributed by atoms with Gasteiger partial charge in [-0.25, -0.2) is 0 Å². The molecule has 0 aliphatic carbocycles. The number of carbonyl (C=O) groups excluding carboxylic acids is 1. The third kappa shape index (κ3) is 3.64. The van der Waals surface area contributed by atoms with E-state index in [0.29, 0.717) is 12.0 Å². The van der Waals surface area contributed by atoms with E-state index < -0.39 is 0 Å². The summed E-state index contributed by atoms with van der Waals surface area (Å²) in [6, 6.07) is 0. The average Bonchev–Trinajstić information content (AvgIpc) is 2.10. The number of nitrogens with one attached hydrogen (secondary N) is 1. The largest absolute Gasteiger partial charge is 0.369 e. The maximum Gasteiger partial charge on any atom is 0.231 e. The number of likely N-dealkylation sites (tertiary alicyclic amines) is 1. The van der Waals surface area contributed by atoms with Gasteiger partial charge in [-0.2, -0.15) is 0 Å². The monoisotopic (exact) mass is 199 g/mol. The van der Waals surface area contributed by atoms with E-state index in [1.165, 1.54) is 12.8 Å². The molecule has 82 valence electrons. The number of hydrogen-bond acceptors (Lipinski definition) is 3. The molecule has 1 fully saturated rings. The van der Waals surface area contributed by atoms with Crippen molar-refractivity contribution in [1.29, 1.82) is 0 Å². The van der Waals surface area contributed by atoms with E-state index in [2.05, 4.69) is 24.2 Å². The molecule has 0 aromatic heterocycles. The Morgan fingerprint density at radius 1 is 1.50 bits per heavy atom. The number of carbonyl (C=O) groups is 1. The van der Waals surface area contributed by atoms with Crippen LogP contribution in [0.4, 0.5) is 0 Å². The van der Waals surface area contributed by atoms with E-state index in [4.69, 9.17) is 5.73 Å². The molecule has 1 rings (SSSR count). The molecule has 0 aromatic rings. The smallest absolute Gasteiger partial charge is 0.231 e. The van der Waals surface area contributed by atoms with Gasteiger partial charge in [0.1, 0.15) is 0 Å². The van der Waals surface area contributed by atoms with Crippen LogP contribution in [0.2, 0.25) is 0 Å². The predicted octanol–water partition coefficient (Wildman–Crippen LogP) is -0.207. The summed E-state index contributed by atoms with van der Waals surface area (Å²) < 4.78 is 0. The van der Waals surface area contributed by atoms with Gasteiger partial charge in [0.2, 0.25) is 5.91 Å². The molecule has 0 bridgehead atoms. The van der Waals surface area contributed by atoms with E-state index >= 15 is 0 Å². The molecule has 0 unspecified atom stereocenters. The topological polar surface area (TPSA) is 58.4 Å². The molecule has 4 heteroatoms. The first-order valence-electron chi connectivity index (χ1n) is 5.19. The summed E-state index contributed by atoms with van der Waals surface area (Å²) in [6.07, 6.45) is 2.38. The van der Waals surface area contributed by atoms with Gasteiger partial charge >= 0.3 is 0 Å². The Bertz CT molecular complexity index is 198. The number of rotatable bonds is 4. The van der Waals surface area contributed by atoms with E-state index in [-0.39, 0.29) is 5.91 Å². The van der Waals surface area contributed by atoms with Crippen molar-refractivity contribution in [2.75, 3.05) is 33.2 Å². The summed E-state index contributed by atoms with van der Waals surface area (Å²) in [6.45, 7) is 5.76. The summed E-state index contributed by atoms with van der Waals surface area (Å²) in [5, 5.41) is 3.12. The normalized spacial score (nSPS) is 22.1. The van der Waals surface area contributed by atoms with Gasteiger partial charge in [0.25, 0.3) is 0 Å². The Hall–Kier alpha value is -0.610. The first-order valence-corrected chi connectivity index (χ1v) is 5.19. The van der Waals surface area contributed by atoms with Crippen LogP contribution in [0.15, 0.2) is 0 Å². The van der Waals surface area contributed by atoms with E-state index in [9.17, 15) is 4.79 Å². The second-order valence-electron chi connectivity index (χ2n) is 4.68. The van der Waals surface area contributed by atoms with Crippen molar-refractivity contribution < 1.29 is 4.79 Å². The number of nitrogens with two attached hydrogens (primary N) is 1. The Kier molecular flexibility index (Phi) is 3.89. The summed E-state index contributed by atoms with van der Waals surface area (Å²) >= 11 is 0. The molecule has 0 atom stereocenters. The Labute approximate surface area is 85.8 Å². The minimum atomic E-state index is -0.276. The highest BCUT2D eigenvalue weighted by molar-refractivity contribution is 5.75. The molecule has 14 heavy (non-hydrogen) atoms. The van der Waals surface area contributed by atoms with Crippen molar-refractivity contribution in [3.05, 3.63) is 0 Å². The van der Waals surface area contributed by atoms with Crippen molar-refractivity contribution in [2.24, 2.45) is 11.1 Å². The van der Waals surface area contributed by atoms with Crippen LogP contribution in [0.5, 0.6) is 0 Å². The highest BCUT2D eigenvalue weighted by Gasteiger charge is 2.28. The van der Waals surface area contributed by atoms with Crippen molar-refractivity contribution in [1.82, 2.24) is 10.2 Å². The van der Waals surface area contributed by atoms with Gasteiger partial charge in [0.15, 0.2) is 0 Å². The maximum absolute atomic E-state index is 10.5. The van der Waals surface area contributed by atoms with Crippen LogP contribution in [0.1, 0.15) is 19.8 Å². The summed E-state index contributed by atoms with van der Waals surface area (Å²) in [5.74, 6) is -0.276. The lowest BCUT2D eigenvalue weighted by Gasteiger charge is -2.38. The van der Waals surface area contributed by atoms with Gasteiger partial charge in [0.05, 0.1) is 6.54 Å². The predicted molar refractivity (Wildman–Crippen MR) is 56.9 cm³/mol. The van der Waals surface area contributed by atoms with Crippen molar-refractivity contribution in [2.45, 2.75) is 19.8 Å². The fourth-order valence-electron chi connectivity index (χ4n) is 1.82. The zero-order chi connectivity index (χ0) is 10.6. The Morgan fingerprint density at radius 2 is 2.07 bits per heavy atom. The van der Waals surface area contributed by atoms with Gasteiger partial charge < -0.3 is 16.0 Å². The molecular formula is C10H21N3O. The lowest BCUT2D eigenvalue weighted by Crippen LogP contribution is -2.43. The quantitative estimate of drug-likeness (QED) is 0.659. The third-order valence-electron chi connectivity index (χ3n) is 3.05. The molecule has 3 N–H and O–H groups in total. The second kappa shape index (κ2) is 4.75. The van der Waals surface area contributed by atoms with Crippen LogP contribution in [0.3, 0.4) is 0 Å². The zero-order valence-electron chi connectivity index (χ0n) is 9.18. The lowest BCUT2D eigenvalue weighted by atomic mass is 9.80. The van der Waals surface area contributed by atoms with Crippen LogP contribution in [-0.4, -0.2) is 44.0 Å². The van der Waals surface area contributed by atoms with E-state index in [1.807, 2.05) is 0 Å². The van der Waals surface area contributed by atoms with Crippen LogP contribution in [0.25, 0.3) is 0 Å². The molecule has 0 saturated carbocycles. The van der Waals surface area contributed by atoms with Crippen molar-refractivity contribution in [3.8, 4) is 0 Å². The van der Waals surface area contributed by atoms with Crippen molar-refractivity contribution in [3.63, 3.8) is 0 Å². The van der Waals surface area contributed by atoms with Gasteiger partial charge in [-0.1, -0.05) is 6.92 Å². The standard InChI is InChI=1S/C10H21N3O/c1-10(8-12-7-9(11)14)3-5-13(2)6-4-10/h12H,3-8H2,1-2H3,(H2,11,14). The second-order valence-corrected chi connectivity index (χ2v) is 4.68. The lowest BCUT2D eigenvalue weighted by molar-refractivity contribution is -0.117. The molecule has 4 nitrogen and oxygen atoms in total. The van der Waals surface area contributed by atoms with Crippen LogP contribution in [-0.2, 0) is 4.79 Å². The number of piperidine rings is 1. The summed E-state index contributed by atoms with van der Waals surface area (Å²) in [4.78, 5) is 12.9. The van der Waals surface area contributed by atoms with Gasteiger partial charge in [-0.3, -0.25) is 4.79 Å². The fourth-order valence-corrected chi connectivity index (χ4v) is 1.82. The first kappa shape index (κ1) is 11.5. The van der Waals surface area contributed by atoms with Gasteiger partial charge in [0, 0.05) is 6.54 Å². The molecule has 0 radical (unpaired) electrons. The summed E-state index contributed by atoms with van der Waals surface area (Å²) in [7, 11) is 2.15. The summed E-state index contributed by atoms with van der Waals surface area (Å²) in [5.41, 5.74) is 5.40. The molecule has 0 aromatic carbocycles. The molecule has 1 aliphatic heterocycles. The first-order chi connectivity index (χ1) is 6.52. The van der Waals surface area contributed by atoms with E-state index in [1.54, 1.807) is 0 Å². The van der Waals surface area contributed by atoms with Crippen LogP contribution >= 0.6 is 0 Å². The molecular weight excluding hydrogens is 178 g/mol. The molecule has 0 spiro atoms. The maximum atomic E-state index is 10.5. The highest BCUT2D eigenvalue weighted by atomic mass is 16.1. The minimum Gasteiger partial charge on any atom is -0.369 e.